The van der Waals surface area contributed by atoms with Gasteiger partial charge in [0.2, 0.25) is 5.91 Å². The molecule has 2 saturated carbocycles. The zero-order valence-corrected chi connectivity index (χ0v) is 11.3. The first-order valence-corrected chi connectivity index (χ1v) is 7.12. The Morgan fingerprint density at radius 1 is 1.33 bits per heavy atom. The number of aliphatic hydroxyl groups excluding tert-OH is 1. The molecule has 0 bridgehead atoms. The topological polar surface area (TPSA) is 58.6 Å². The van der Waals surface area contributed by atoms with E-state index in [0.29, 0.717) is 24.8 Å². The standard InChI is InChI=1S/C14H25NO3/c1-18-14(6-3-7-14)8-13(17)15-9-11-4-2-5-12(11)10-16/h11-12,16H,2-10H2,1H3,(H,15,17). The first-order valence-electron chi connectivity index (χ1n) is 7.12. The second kappa shape index (κ2) is 6.02. The number of ether oxygens (including phenoxy) is 1. The van der Waals surface area contributed by atoms with Gasteiger partial charge in [0.25, 0.3) is 0 Å². The number of rotatable bonds is 6. The third-order valence-electron chi connectivity index (χ3n) is 4.79. The molecule has 0 aliphatic heterocycles. The van der Waals surface area contributed by atoms with Crippen LogP contribution in [0.15, 0.2) is 0 Å². The lowest BCUT2D eigenvalue weighted by molar-refractivity contribution is -0.134. The largest absolute Gasteiger partial charge is 0.396 e. The van der Waals surface area contributed by atoms with E-state index in [1.165, 1.54) is 6.42 Å². The molecular weight excluding hydrogens is 230 g/mol. The molecule has 0 aromatic heterocycles. The Balaban J connectivity index is 1.71. The molecule has 2 rings (SSSR count). The van der Waals surface area contributed by atoms with Gasteiger partial charge in [-0.05, 0) is 43.9 Å². The van der Waals surface area contributed by atoms with E-state index in [1.807, 2.05) is 0 Å². The van der Waals surface area contributed by atoms with E-state index < -0.39 is 0 Å². The summed E-state index contributed by atoms with van der Waals surface area (Å²) >= 11 is 0. The second-order valence-corrected chi connectivity index (χ2v) is 5.86. The summed E-state index contributed by atoms with van der Waals surface area (Å²) in [6.45, 7) is 0.965. The molecule has 1 amide bonds. The van der Waals surface area contributed by atoms with Gasteiger partial charge in [-0.2, -0.15) is 0 Å². The maximum absolute atomic E-state index is 11.9. The minimum absolute atomic E-state index is 0.0974. The Morgan fingerprint density at radius 2 is 2.06 bits per heavy atom. The van der Waals surface area contributed by atoms with Crippen LogP contribution in [0.1, 0.15) is 44.9 Å². The highest BCUT2D eigenvalue weighted by atomic mass is 16.5. The Hall–Kier alpha value is -0.610. The summed E-state index contributed by atoms with van der Waals surface area (Å²) in [5.74, 6) is 0.935. The molecule has 2 aliphatic rings. The lowest BCUT2D eigenvalue weighted by Gasteiger charge is -2.40. The number of aliphatic hydroxyl groups is 1. The molecule has 2 aliphatic carbocycles. The number of amides is 1. The zero-order chi connectivity index (χ0) is 13.0. The van der Waals surface area contributed by atoms with Crippen molar-refractivity contribution in [2.75, 3.05) is 20.3 Å². The van der Waals surface area contributed by atoms with E-state index in [4.69, 9.17) is 4.74 Å². The molecule has 104 valence electrons. The summed E-state index contributed by atoms with van der Waals surface area (Å²) in [4.78, 5) is 11.9. The average Bonchev–Trinajstić information content (AvgIpc) is 2.78. The summed E-state index contributed by atoms with van der Waals surface area (Å²) in [6, 6.07) is 0. The van der Waals surface area contributed by atoms with Crippen LogP contribution in [0.4, 0.5) is 0 Å². The molecule has 18 heavy (non-hydrogen) atoms. The summed E-state index contributed by atoms with van der Waals surface area (Å²) < 4.78 is 5.46. The van der Waals surface area contributed by atoms with E-state index in [2.05, 4.69) is 5.32 Å². The third kappa shape index (κ3) is 3.04. The second-order valence-electron chi connectivity index (χ2n) is 5.86. The van der Waals surface area contributed by atoms with Crippen molar-refractivity contribution in [3.05, 3.63) is 0 Å². The molecule has 0 heterocycles. The Labute approximate surface area is 109 Å². The lowest BCUT2D eigenvalue weighted by atomic mass is 9.77. The molecule has 2 unspecified atom stereocenters. The van der Waals surface area contributed by atoms with E-state index in [1.54, 1.807) is 7.11 Å². The monoisotopic (exact) mass is 255 g/mol. The maximum Gasteiger partial charge on any atom is 0.222 e. The summed E-state index contributed by atoms with van der Waals surface area (Å²) in [6.07, 6.45) is 7.04. The van der Waals surface area contributed by atoms with Crippen LogP contribution >= 0.6 is 0 Å². The van der Waals surface area contributed by atoms with Gasteiger partial charge >= 0.3 is 0 Å². The SMILES string of the molecule is COC1(CC(=O)NCC2CCCC2CO)CCC1. The highest BCUT2D eigenvalue weighted by Crippen LogP contribution is 2.38. The normalized spacial score (nSPS) is 29.9. The lowest BCUT2D eigenvalue weighted by Crippen LogP contribution is -2.44. The molecule has 0 spiro atoms. The summed E-state index contributed by atoms with van der Waals surface area (Å²) in [5, 5.41) is 12.3. The molecule has 2 fully saturated rings. The number of methoxy groups -OCH3 is 1. The molecular formula is C14H25NO3. The predicted octanol–water partition coefficient (Wildman–Crippen LogP) is 1.47. The van der Waals surface area contributed by atoms with Gasteiger partial charge in [-0.25, -0.2) is 0 Å². The molecule has 2 atom stereocenters. The van der Waals surface area contributed by atoms with Crippen molar-refractivity contribution in [1.82, 2.24) is 5.32 Å². The van der Waals surface area contributed by atoms with Crippen LogP contribution in [0, 0.1) is 11.8 Å². The van der Waals surface area contributed by atoms with Crippen molar-refractivity contribution in [1.29, 1.82) is 0 Å². The van der Waals surface area contributed by atoms with E-state index in [9.17, 15) is 9.90 Å². The van der Waals surface area contributed by atoms with Gasteiger partial charge < -0.3 is 15.2 Å². The fourth-order valence-corrected chi connectivity index (χ4v) is 3.25. The average molecular weight is 255 g/mol. The van der Waals surface area contributed by atoms with E-state index >= 15 is 0 Å². The van der Waals surface area contributed by atoms with Crippen LogP contribution in [-0.4, -0.2) is 36.9 Å². The molecule has 4 heteroatoms. The predicted molar refractivity (Wildman–Crippen MR) is 69.1 cm³/mol. The first-order chi connectivity index (χ1) is 8.69. The van der Waals surface area contributed by atoms with Gasteiger partial charge in [0, 0.05) is 20.3 Å². The number of carbonyl (C=O) groups is 1. The van der Waals surface area contributed by atoms with E-state index in [0.717, 1.165) is 32.1 Å². The molecule has 0 aromatic carbocycles. The van der Waals surface area contributed by atoms with Crippen molar-refractivity contribution in [2.45, 2.75) is 50.5 Å². The molecule has 2 N–H and O–H groups in total. The minimum atomic E-state index is -0.184. The van der Waals surface area contributed by atoms with Crippen molar-refractivity contribution in [2.24, 2.45) is 11.8 Å². The van der Waals surface area contributed by atoms with Crippen molar-refractivity contribution < 1.29 is 14.6 Å². The van der Waals surface area contributed by atoms with Crippen molar-refractivity contribution >= 4 is 5.91 Å². The Morgan fingerprint density at radius 3 is 2.61 bits per heavy atom. The van der Waals surface area contributed by atoms with Crippen LogP contribution in [0.2, 0.25) is 0 Å². The smallest absolute Gasteiger partial charge is 0.222 e. The molecule has 0 saturated heterocycles. The fourth-order valence-electron chi connectivity index (χ4n) is 3.25. The Bertz CT molecular complexity index is 283. The van der Waals surface area contributed by atoms with Gasteiger partial charge in [0.15, 0.2) is 0 Å². The highest BCUT2D eigenvalue weighted by Gasteiger charge is 2.39. The number of carbonyl (C=O) groups excluding carboxylic acids is 1. The number of hydrogen-bond acceptors (Lipinski definition) is 3. The highest BCUT2D eigenvalue weighted by molar-refractivity contribution is 5.77. The van der Waals surface area contributed by atoms with E-state index in [-0.39, 0.29) is 18.1 Å². The van der Waals surface area contributed by atoms with Gasteiger partial charge in [0.05, 0.1) is 12.0 Å². The minimum Gasteiger partial charge on any atom is -0.396 e. The Kier molecular flexibility index (Phi) is 4.62. The van der Waals surface area contributed by atoms with Crippen LogP contribution in [0.25, 0.3) is 0 Å². The number of hydrogen-bond donors (Lipinski definition) is 2. The quantitative estimate of drug-likeness (QED) is 0.755. The van der Waals surface area contributed by atoms with Crippen molar-refractivity contribution in [3.8, 4) is 0 Å². The fraction of sp³-hybridized carbons (Fsp3) is 0.929. The van der Waals surface area contributed by atoms with Crippen LogP contribution < -0.4 is 5.32 Å². The first kappa shape index (κ1) is 13.8. The van der Waals surface area contributed by atoms with Crippen molar-refractivity contribution in [3.63, 3.8) is 0 Å². The molecule has 0 radical (unpaired) electrons. The van der Waals surface area contributed by atoms with Gasteiger partial charge in [-0.1, -0.05) is 6.42 Å². The molecule has 0 aromatic rings. The van der Waals surface area contributed by atoms with Crippen LogP contribution in [-0.2, 0) is 9.53 Å². The zero-order valence-electron chi connectivity index (χ0n) is 11.3. The maximum atomic E-state index is 11.9. The molecule has 4 nitrogen and oxygen atoms in total. The van der Waals surface area contributed by atoms with Gasteiger partial charge in [0.1, 0.15) is 0 Å². The summed E-state index contributed by atoms with van der Waals surface area (Å²) in [7, 11) is 1.70. The van der Waals surface area contributed by atoms with Gasteiger partial charge in [-0.3, -0.25) is 4.79 Å². The van der Waals surface area contributed by atoms with Gasteiger partial charge in [-0.15, -0.1) is 0 Å². The summed E-state index contributed by atoms with van der Waals surface area (Å²) in [5.41, 5.74) is -0.184. The van der Waals surface area contributed by atoms with Crippen LogP contribution in [0.3, 0.4) is 0 Å². The number of nitrogens with one attached hydrogen (secondary N) is 1. The van der Waals surface area contributed by atoms with Crippen LogP contribution in [0.5, 0.6) is 0 Å². The third-order valence-corrected chi connectivity index (χ3v) is 4.79.